The first kappa shape index (κ1) is 43.6. The number of carbonyl (C=O) groups excluding carboxylic acids is 1. The summed E-state index contributed by atoms with van der Waals surface area (Å²) in [6.45, 7) is 9.75. The number of hydrogen-bond acceptors (Lipinski definition) is 5. The molecule has 310 valence electrons. The van der Waals surface area contributed by atoms with Crippen molar-refractivity contribution in [1.29, 1.82) is 0 Å². The number of ether oxygens (including phenoxy) is 1. The molecule has 6 rings (SSSR count). The van der Waals surface area contributed by atoms with Crippen molar-refractivity contribution in [2.45, 2.75) is 70.2 Å². The molecule has 60 heavy (non-hydrogen) atoms. The maximum atomic E-state index is 13.8. The van der Waals surface area contributed by atoms with Crippen LogP contribution in [0.4, 0.5) is 10.5 Å². The van der Waals surface area contributed by atoms with Gasteiger partial charge in [-0.05, 0) is 82.5 Å². The Labute approximate surface area is 356 Å². The molecule has 0 spiro atoms. The van der Waals surface area contributed by atoms with Gasteiger partial charge in [-0.1, -0.05) is 178 Å². The van der Waals surface area contributed by atoms with Gasteiger partial charge in [-0.2, -0.15) is 0 Å². The van der Waals surface area contributed by atoms with E-state index in [9.17, 15) is 14.7 Å². The van der Waals surface area contributed by atoms with Crippen LogP contribution < -0.4 is 31.1 Å². The predicted molar refractivity (Wildman–Crippen MR) is 245 cm³/mol. The molecule has 6 aromatic rings. The highest BCUT2D eigenvalue weighted by molar-refractivity contribution is 6.99. The normalized spacial score (nSPS) is 12.3. The number of carbonyl (C=O) groups is 2. The molecule has 0 aliphatic rings. The monoisotopic (exact) mass is 819 g/mol. The van der Waals surface area contributed by atoms with Gasteiger partial charge < -0.3 is 24.9 Å². The van der Waals surface area contributed by atoms with Crippen molar-refractivity contribution in [3.05, 3.63) is 192 Å². The van der Waals surface area contributed by atoms with Crippen LogP contribution in [0.5, 0.6) is 5.75 Å². The van der Waals surface area contributed by atoms with E-state index in [0.717, 1.165) is 22.3 Å². The van der Waals surface area contributed by atoms with Crippen LogP contribution in [-0.2, 0) is 21.4 Å². The zero-order valence-corrected chi connectivity index (χ0v) is 36.3. The van der Waals surface area contributed by atoms with Crippen LogP contribution in [0.1, 0.15) is 67.9 Å². The van der Waals surface area contributed by atoms with E-state index in [-0.39, 0.29) is 5.04 Å². The lowest BCUT2D eigenvalue weighted by atomic mass is 9.76. The Morgan fingerprint density at radius 3 is 1.70 bits per heavy atom. The Balaban J connectivity index is 1.15. The van der Waals surface area contributed by atoms with Crippen molar-refractivity contribution in [2.75, 3.05) is 19.0 Å². The molecular weight excluding hydrogens is 763 g/mol. The Kier molecular flexibility index (Phi) is 14.4. The third kappa shape index (κ3) is 9.88. The number of anilines is 1. The Morgan fingerprint density at radius 2 is 1.20 bits per heavy atom. The van der Waals surface area contributed by atoms with Gasteiger partial charge in [0.15, 0.2) is 0 Å². The average Bonchev–Trinajstić information content (AvgIpc) is 3.26. The molecule has 0 bridgehead atoms. The topological polar surface area (TPSA) is 109 Å². The van der Waals surface area contributed by atoms with Crippen LogP contribution in [0.15, 0.2) is 164 Å². The third-order valence-electron chi connectivity index (χ3n) is 11.2. The molecule has 9 heteroatoms. The smallest absolute Gasteiger partial charge is 0.405 e. The van der Waals surface area contributed by atoms with Crippen LogP contribution in [0.2, 0.25) is 5.04 Å². The molecule has 2 amide bonds. The first-order valence-corrected chi connectivity index (χ1v) is 22.5. The van der Waals surface area contributed by atoms with E-state index in [1.54, 1.807) is 13.2 Å². The van der Waals surface area contributed by atoms with Crippen molar-refractivity contribution in [2.24, 2.45) is 0 Å². The van der Waals surface area contributed by atoms with Gasteiger partial charge >= 0.3 is 6.09 Å². The molecule has 6 aromatic carbocycles. The molecule has 0 saturated carbocycles. The fraction of sp³-hybridized carbons (Fsp3) is 0.255. The van der Waals surface area contributed by atoms with Gasteiger partial charge in [0.05, 0.1) is 24.9 Å². The molecule has 0 aliphatic carbocycles. The summed E-state index contributed by atoms with van der Waals surface area (Å²) in [5.41, 5.74) is 5.23. The lowest BCUT2D eigenvalue weighted by Crippen LogP contribution is -2.66. The minimum Gasteiger partial charge on any atom is -0.495 e. The first-order chi connectivity index (χ1) is 29.0. The van der Waals surface area contributed by atoms with Crippen molar-refractivity contribution in [3.8, 4) is 5.75 Å². The van der Waals surface area contributed by atoms with Gasteiger partial charge in [-0.3, -0.25) is 10.1 Å². The first-order valence-electron chi connectivity index (χ1n) is 20.6. The lowest BCUT2D eigenvalue weighted by Gasteiger charge is -2.43. The molecule has 4 N–H and O–H groups in total. The summed E-state index contributed by atoms with van der Waals surface area (Å²) >= 11 is 0. The van der Waals surface area contributed by atoms with Crippen molar-refractivity contribution < 1.29 is 23.9 Å². The van der Waals surface area contributed by atoms with Crippen molar-refractivity contribution in [3.63, 3.8) is 0 Å². The number of benzene rings is 6. The fourth-order valence-corrected chi connectivity index (χ4v) is 12.8. The highest BCUT2D eigenvalue weighted by Gasteiger charge is 2.50. The standard InChI is InChI=1S/C51H57N3O5Si/c1-38-29-32-42(33-30-38)51(40-20-10-6-11-21-40,41-22-12-7-13-23-41)52-35-19-18-28-46(54-49(56)57)48(55)53-45-34-31-39(36-47(45)58-5)37-59-60(50(2,3)4,43-24-14-8-15-25-43)44-26-16-9-17-27-44/h6-17,20-27,29-34,36,46,52,54H,18-19,28,35,37H2,1-5H3,(H,53,55)(H,56,57). The van der Waals surface area contributed by atoms with Gasteiger partial charge in [-0.15, -0.1) is 0 Å². The zero-order valence-electron chi connectivity index (χ0n) is 35.3. The van der Waals surface area contributed by atoms with Crippen molar-refractivity contribution in [1.82, 2.24) is 10.6 Å². The van der Waals surface area contributed by atoms with E-state index in [1.807, 2.05) is 36.4 Å². The summed E-state index contributed by atoms with van der Waals surface area (Å²) in [4.78, 5) is 25.7. The molecule has 0 heterocycles. The molecule has 0 saturated heterocycles. The number of aryl methyl sites for hydroxylation is 1. The van der Waals surface area contributed by atoms with Crippen LogP contribution in [0, 0.1) is 6.92 Å². The third-order valence-corrected chi connectivity index (χ3v) is 16.2. The van der Waals surface area contributed by atoms with Crippen molar-refractivity contribution >= 4 is 36.4 Å². The molecule has 0 aliphatic heterocycles. The second-order valence-corrected chi connectivity index (χ2v) is 20.6. The highest BCUT2D eigenvalue weighted by Crippen LogP contribution is 2.39. The summed E-state index contributed by atoms with van der Waals surface area (Å²) in [6.07, 6.45) is 0.333. The minimum absolute atomic E-state index is 0.191. The fourth-order valence-electron chi connectivity index (χ4n) is 8.25. The summed E-state index contributed by atoms with van der Waals surface area (Å²) in [7, 11) is -1.24. The number of unbranched alkanes of at least 4 members (excludes halogenated alkanes) is 1. The molecular formula is C51H57N3O5Si. The molecule has 8 nitrogen and oxygen atoms in total. The van der Waals surface area contributed by atoms with E-state index < -0.39 is 31.9 Å². The van der Waals surface area contributed by atoms with E-state index in [1.165, 1.54) is 15.9 Å². The summed E-state index contributed by atoms with van der Waals surface area (Å²) < 4.78 is 12.9. The number of methoxy groups -OCH3 is 1. The SMILES string of the molecule is COc1cc(CO[Si](c2ccccc2)(c2ccccc2)C(C)(C)C)ccc1NC(=O)C(CCCCNC(c1ccccc1)(c1ccccc1)c1ccc(C)cc1)NC(=O)O. The summed E-state index contributed by atoms with van der Waals surface area (Å²) in [6, 6.07) is 55.0. The lowest BCUT2D eigenvalue weighted by molar-refractivity contribution is -0.118. The van der Waals surface area contributed by atoms with Crippen LogP contribution in [0.3, 0.4) is 0 Å². The predicted octanol–water partition coefficient (Wildman–Crippen LogP) is 9.41. The second kappa shape index (κ2) is 19.8. The number of hydrogen-bond donors (Lipinski definition) is 4. The highest BCUT2D eigenvalue weighted by atomic mass is 28.4. The molecule has 0 aromatic heterocycles. The maximum absolute atomic E-state index is 13.8. The molecule has 0 fully saturated rings. The second-order valence-electron chi connectivity index (χ2n) is 16.2. The van der Waals surface area contributed by atoms with Gasteiger partial charge in [0.2, 0.25) is 5.91 Å². The van der Waals surface area contributed by atoms with Crippen LogP contribution in [0.25, 0.3) is 0 Å². The number of carboxylic acid groups (broad SMARTS) is 1. The minimum atomic E-state index is -2.79. The molecule has 1 atom stereocenters. The summed E-state index contributed by atoms with van der Waals surface area (Å²) in [5, 5.41) is 21.2. The van der Waals surface area contributed by atoms with Gasteiger partial charge in [-0.25, -0.2) is 4.79 Å². The number of nitrogens with one attached hydrogen (secondary N) is 3. The van der Waals surface area contributed by atoms with Gasteiger partial charge in [0.1, 0.15) is 11.8 Å². The largest absolute Gasteiger partial charge is 0.495 e. The quantitative estimate of drug-likeness (QED) is 0.0391. The number of amides is 2. The maximum Gasteiger partial charge on any atom is 0.405 e. The van der Waals surface area contributed by atoms with Crippen LogP contribution >= 0.6 is 0 Å². The van der Waals surface area contributed by atoms with E-state index in [2.05, 4.69) is 165 Å². The number of rotatable bonds is 18. The Morgan fingerprint density at radius 1 is 0.683 bits per heavy atom. The van der Waals surface area contributed by atoms with E-state index in [0.29, 0.717) is 43.9 Å². The Bertz CT molecular complexity index is 2200. The van der Waals surface area contributed by atoms with Crippen LogP contribution in [-0.4, -0.2) is 45.1 Å². The average molecular weight is 820 g/mol. The van der Waals surface area contributed by atoms with Gasteiger partial charge in [0, 0.05) is 0 Å². The molecule has 0 radical (unpaired) electrons. The van der Waals surface area contributed by atoms with E-state index >= 15 is 0 Å². The Hall–Kier alpha value is -6.00. The van der Waals surface area contributed by atoms with Gasteiger partial charge in [0.25, 0.3) is 8.32 Å². The van der Waals surface area contributed by atoms with E-state index in [4.69, 9.17) is 9.16 Å². The zero-order chi connectivity index (χ0) is 42.6. The summed E-state index contributed by atoms with van der Waals surface area (Å²) in [5.74, 6) is 0.00184. The molecule has 1 unspecified atom stereocenters.